The normalized spacial score (nSPS) is 21.7. The number of hydrogen-bond acceptors (Lipinski definition) is 7. The number of aromatic nitrogens is 1. The summed E-state index contributed by atoms with van der Waals surface area (Å²) in [7, 11) is 3.82. The number of benzene rings is 2. The maximum absolute atomic E-state index is 13.7. The predicted molar refractivity (Wildman–Crippen MR) is 174 cm³/mol. The van der Waals surface area contributed by atoms with Crippen molar-refractivity contribution in [1.29, 1.82) is 0 Å². The molecule has 5 rings (SSSR count). The van der Waals surface area contributed by atoms with Gasteiger partial charge in [0.2, 0.25) is 10.0 Å². The lowest BCUT2D eigenvalue weighted by atomic mass is 9.74. The largest absolute Gasteiger partial charge is 0.495 e. The van der Waals surface area contributed by atoms with E-state index in [0.29, 0.717) is 54.6 Å². The van der Waals surface area contributed by atoms with E-state index in [1.54, 1.807) is 24.3 Å². The minimum Gasteiger partial charge on any atom is -0.495 e. The van der Waals surface area contributed by atoms with Crippen molar-refractivity contribution in [2.24, 2.45) is 5.73 Å². The number of nitrogens with one attached hydrogen (secondary N) is 1. The van der Waals surface area contributed by atoms with Crippen molar-refractivity contribution in [2.45, 2.75) is 54.9 Å². The van der Waals surface area contributed by atoms with Gasteiger partial charge in [0.05, 0.1) is 29.9 Å². The van der Waals surface area contributed by atoms with Crippen molar-refractivity contribution in [3.63, 3.8) is 0 Å². The van der Waals surface area contributed by atoms with Gasteiger partial charge < -0.3 is 30.2 Å². The van der Waals surface area contributed by atoms with Crippen molar-refractivity contribution in [3.05, 3.63) is 53.7 Å². The van der Waals surface area contributed by atoms with E-state index in [2.05, 4.69) is 41.1 Å². The second-order valence-corrected chi connectivity index (χ2v) is 14.5. The Labute approximate surface area is 269 Å². The number of anilines is 1. The minimum atomic E-state index is -4.44. The molecule has 1 saturated heterocycles. The van der Waals surface area contributed by atoms with Crippen LogP contribution in [0.25, 0.3) is 10.9 Å². The molecule has 3 aromatic rings. The zero-order valence-electron chi connectivity index (χ0n) is 26.8. The summed E-state index contributed by atoms with van der Waals surface area (Å²) in [5, 5.41) is 3.80. The quantitative estimate of drug-likeness (QED) is 0.349. The van der Waals surface area contributed by atoms with E-state index >= 15 is 0 Å². The van der Waals surface area contributed by atoms with Crippen LogP contribution < -0.4 is 15.8 Å². The predicted octanol–water partition coefficient (Wildman–Crippen LogP) is 4.27. The number of nitrogens with two attached hydrogens (primary N) is 1. The van der Waals surface area contributed by atoms with Gasteiger partial charge in [-0.1, -0.05) is 18.1 Å². The number of halogens is 3. The van der Waals surface area contributed by atoms with E-state index in [4.69, 9.17) is 10.5 Å². The molecule has 0 amide bonds. The number of rotatable bonds is 8. The molecule has 13 heteroatoms. The Balaban J connectivity index is 1.38. The third-order valence-electron chi connectivity index (χ3n) is 9.25. The first kappa shape index (κ1) is 34.1. The summed E-state index contributed by atoms with van der Waals surface area (Å²) in [6.07, 6.45) is -1.15. The molecule has 0 radical (unpaired) electrons. The molecule has 1 aromatic heterocycles. The number of methoxy groups -OCH3 is 1. The molecular formula is C33H43F3N6O3S. The molecule has 3 N–H and O–H groups in total. The molecule has 0 spiro atoms. The van der Waals surface area contributed by atoms with Crippen LogP contribution >= 0.6 is 0 Å². The highest BCUT2D eigenvalue weighted by molar-refractivity contribution is 7.89. The summed E-state index contributed by atoms with van der Waals surface area (Å²) in [6, 6.07) is 12.1. The van der Waals surface area contributed by atoms with Gasteiger partial charge in [0.25, 0.3) is 0 Å². The van der Waals surface area contributed by atoms with Gasteiger partial charge in [0, 0.05) is 54.7 Å². The molecule has 0 atom stereocenters. The van der Waals surface area contributed by atoms with Crippen molar-refractivity contribution in [3.8, 4) is 17.6 Å². The Bertz CT molecular complexity index is 1710. The van der Waals surface area contributed by atoms with Crippen LogP contribution in [0.5, 0.6) is 5.75 Å². The van der Waals surface area contributed by atoms with Gasteiger partial charge in [-0.2, -0.15) is 17.5 Å². The molecule has 1 aliphatic heterocycles. The van der Waals surface area contributed by atoms with E-state index in [9.17, 15) is 21.6 Å². The van der Waals surface area contributed by atoms with Crippen LogP contribution in [-0.4, -0.2) is 100 Å². The smallest absolute Gasteiger partial charge is 0.406 e. The Morgan fingerprint density at radius 3 is 2.41 bits per heavy atom. The molecule has 1 saturated carbocycles. The summed E-state index contributed by atoms with van der Waals surface area (Å²) in [5.41, 5.74) is 8.37. The fourth-order valence-corrected chi connectivity index (χ4v) is 7.94. The summed E-state index contributed by atoms with van der Waals surface area (Å²) >= 11 is 0. The number of nitrogens with zero attached hydrogens (tertiary/aromatic N) is 4. The number of sulfonamides is 1. The molecule has 1 aliphatic carbocycles. The monoisotopic (exact) mass is 660 g/mol. The van der Waals surface area contributed by atoms with Crippen molar-refractivity contribution < 1.29 is 26.3 Å². The average molecular weight is 661 g/mol. The molecule has 2 aromatic carbocycles. The Kier molecular flexibility index (Phi) is 9.96. The fraction of sp³-hybridized carbons (Fsp3) is 0.515. The Hall–Kier alpha value is -3.28. The van der Waals surface area contributed by atoms with Crippen LogP contribution in [-0.2, 0) is 22.1 Å². The summed E-state index contributed by atoms with van der Waals surface area (Å²) in [4.78, 5) is 4.40. The van der Waals surface area contributed by atoms with Crippen molar-refractivity contribution >= 4 is 26.6 Å². The van der Waals surface area contributed by atoms with E-state index in [-0.39, 0.29) is 17.1 Å². The van der Waals surface area contributed by atoms with Crippen molar-refractivity contribution in [1.82, 2.24) is 18.7 Å². The Morgan fingerprint density at radius 1 is 1.09 bits per heavy atom. The topological polar surface area (TPSA) is 96.1 Å². The van der Waals surface area contributed by atoms with Crippen LogP contribution in [0.1, 0.15) is 36.9 Å². The second-order valence-electron chi connectivity index (χ2n) is 12.5. The van der Waals surface area contributed by atoms with E-state index in [0.717, 1.165) is 31.2 Å². The molecular weight excluding hydrogens is 617 g/mol. The first-order valence-corrected chi connectivity index (χ1v) is 16.9. The summed E-state index contributed by atoms with van der Waals surface area (Å²) in [5.74, 6) is 6.20. The first-order chi connectivity index (χ1) is 21.7. The lowest BCUT2D eigenvalue weighted by Crippen LogP contribution is -2.47. The maximum Gasteiger partial charge on any atom is 0.406 e. The second kappa shape index (κ2) is 13.4. The summed E-state index contributed by atoms with van der Waals surface area (Å²) < 4.78 is 75.8. The lowest BCUT2D eigenvalue weighted by Gasteiger charge is -2.40. The number of piperazine rings is 1. The summed E-state index contributed by atoms with van der Waals surface area (Å²) in [6.45, 7) is 1.05. The molecule has 46 heavy (non-hydrogen) atoms. The number of fused-ring (bicyclic) bond motifs is 1. The molecule has 2 heterocycles. The van der Waals surface area contributed by atoms with Gasteiger partial charge in [-0.15, -0.1) is 0 Å². The van der Waals surface area contributed by atoms with Crippen LogP contribution in [0.3, 0.4) is 0 Å². The third kappa shape index (κ3) is 7.31. The van der Waals surface area contributed by atoms with Crippen LogP contribution in [0.15, 0.2) is 47.4 Å². The zero-order valence-corrected chi connectivity index (χ0v) is 27.6. The standard InChI is InChI=1S/C33H43F3N6O3S/c1-39(2)24-12-14-32(37,15-13-24)28-8-5-9-30-27(28)21-25(42(30)23-33(34,35)36)7-6-16-38-29-11-10-26(22-31(29)45-4)46(43,44)41-19-17-40(3)18-20-41/h5,8-11,21-22,24,38H,12-20,23,37H2,1-4H3. The average Bonchev–Trinajstić information content (AvgIpc) is 3.35. The molecule has 2 fully saturated rings. The minimum absolute atomic E-state index is 0.0913. The van der Waals surface area contributed by atoms with Crippen molar-refractivity contribution in [2.75, 3.05) is 66.3 Å². The fourth-order valence-electron chi connectivity index (χ4n) is 6.51. The van der Waals surface area contributed by atoms with E-state index < -0.39 is 28.3 Å². The highest BCUT2D eigenvalue weighted by Crippen LogP contribution is 2.40. The number of alkyl halides is 3. The van der Waals surface area contributed by atoms with Crippen LogP contribution in [0.4, 0.5) is 18.9 Å². The number of likely N-dealkylation sites (N-methyl/N-ethyl adjacent to an activating group) is 1. The van der Waals surface area contributed by atoms with Gasteiger partial charge in [0.1, 0.15) is 12.3 Å². The maximum atomic E-state index is 13.7. The lowest BCUT2D eigenvalue weighted by molar-refractivity contribution is -0.140. The Morgan fingerprint density at radius 2 is 1.78 bits per heavy atom. The van der Waals surface area contributed by atoms with Gasteiger partial charge >= 0.3 is 6.18 Å². The molecule has 2 aliphatic rings. The number of hydrogen-bond donors (Lipinski definition) is 2. The van der Waals surface area contributed by atoms with E-state index in [1.807, 2.05) is 13.1 Å². The zero-order chi connectivity index (χ0) is 33.3. The van der Waals surface area contributed by atoms with E-state index in [1.165, 1.54) is 28.1 Å². The van der Waals surface area contributed by atoms with Gasteiger partial charge in [0.15, 0.2) is 0 Å². The SMILES string of the molecule is COc1cc(S(=O)(=O)N2CCN(C)CC2)ccc1NCC#Cc1cc2c(C3(N)CCC(N(C)C)CC3)cccc2n1CC(F)(F)F. The molecule has 250 valence electrons. The van der Waals surface area contributed by atoms with Gasteiger partial charge in [-0.3, -0.25) is 0 Å². The van der Waals surface area contributed by atoms with Crippen LogP contribution in [0.2, 0.25) is 0 Å². The van der Waals surface area contributed by atoms with Gasteiger partial charge in [-0.25, -0.2) is 8.42 Å². The third-order valence-corrected chi connectivity index (χ3v) is 11.1. The molecule has 9 nitrogen and oxygen atoms in total. The first-order valence-electron chi connectivity index (χ1n) is 15.5. The molecule has 0 bridgehead atoms. The van der Waals surface area contributed by atoms with Crippen LogP contribution in [0, 0.1) is 11.8 Å². The highest BCUT2D eigenvalue weighted by Gasteiger charge is 2.36. The van der Waals surface area contributed by atoms with Gasteiger partial charge in [-0.05, 0) is 82.6 Å². The highest BCUT2D eigenvalue weighted by atomic mass is 32.2. The molecule has 0 unspecified atom stereocenters. The number of ether oxygens (including phenoxy) is 1.